The van der Waals surface area contributed by atoms with Gasteiger partial charge in [0.15, 0.2) is 8.45 Å². The second-order valence-corrected chi connectivity index (χ2v) is 9.43. The Balaban J connectivity index is 2.13. The van der Waals surface area contributed by atoms with Gasteiger partial charge in [0.05, 0.1) is 23.2 Å². The van der Waals surface area contributed by atoms with E-state index in [1.807, 2.05) is 0 Å². The fraction of sp³-hybridized carbons (Fsp3) is 0.364. The van der Waals surface area contributed by atoms with Gasteiger partial charge in [-0.05, 0) is 56.4 Å². The lowest BCUT2D eigenvalue weighted by Crippen LogP contribution is -2.22. The van der Waals surface area contributed by atoms with Crippen molar-refractivity contribution in [2.45, 2.75) is 37.5 Å². The maximum absolute atomic E-state index is 13.3. The normalized spacial score (nSPS) is 22.1. The molecule has 32 heavy (non-hydrogen) atoms. The molecule has 3 nitrogen and oxygen atoms in total. The van der Waals surface area contributed by atoms with Crippen LogP contribution in [0.3, 0.4) is 0 Å². The smallest absolute Gasteiger partial charge is 0.315 e. The van der Waals surface area contributed by atoms with Crippen molar-refractivity contribution >= 4 is 8.45 Å². The molecule has 0 bridgehead atoms. The van der Waals surface area contributed by atoms with Gasteiger partial charge in [-0.25, -0.2) is 9.34 Å². The summed E-state index contributed by atoms with van der Waals surface area (Å²) in [6, 6.07) is 8.24. The largest absolute Gasteiger partial charge is 0.416 e. The van der Waals surface area contributed by atoms with Crippen LogP contribution in [0.5, 0.6) is 0 Å². The number of hydrogen-bond acceptors (Lipinski definition) is 3. The molecule has 0 saturated carbocycles. The quantitative estimate of drug-likeness (QED) is 0.280. The van der Waals surface area contributed by atoms with Crippen molar-refractivity contribution in [3.8, 4) is 12.3 Å². The van der Waals surface area contributed by atoms with Crippen molar-refractivity contribution in [2.75, 3.05) is 14.1 Å². The number of rotatable bonds is 4. The fourth-order valence-corrected chi connectivity index (χ4v) is 5.79. The van der Waals surface area contributed by atoms with Crippen LogP contribution in [0.15, 0.2) is 48.5 Å². The van der Waals surface area contributed by atoms with Crippen molar-refractivity contribution in [1.29, 1.82) is 0 Å². The minimum atomic E-state index is -4.55. The molecule has 0 aliphatic carbocycles. The summed E-state index contributed by atoms with van der Waals surface area (Å²) in [5.41, 5.74) is -1.02. The molecule has 0 radical (unpaired) electrons. The van der Waals surface area contributed by atoms with Crippen LogP contribution in [0.2, 0.25) is 0 Å². The SMILES string of the molecule is C#CC(C)OP1N(C)[C@H](c2cccc(C(F)(F)F)c2)[C@@H](c2cccc(C(F)(F)F)c2)N1C. The van der Waals surface area contributed by atoms with Crippen molar-refractivity contribution in [3.05, 3.63) is 70.8 Å². The first kappa shape index (κ1) is 24.5. The Bertz CT molecular complexity index is 933. The number of halogens is 6. The minimum Gasteiger partial charge on any atom is -0.315 e. The number of hydrogen-bond donors (Lipinski definition) is 0. The van der Waals surface area contributed by atoms with Gasteiger partial charge in [0, 0.05) is 0 Å². The third-order valence-corrected chi connectivity index (χ3v) is 7.32. The Morgan fingerprint density at radius 2 is 1.28 bits per heavy atom. The molecule has 0 aromatic heterocycles. The number of benzene rings is 2. The van der Waals surface area contributed by atoms with E-state index in [2.05, 4.69) is 5.92 Å². The van der Waals surface area contributed by atoms with Crippen molar-refractivity contribution < 1.29 is 30.9 Å². The molecular weight excluding hydrogens is 453 g/mol. The van der Waals surface area contributed by atoms with Gasteiger partial charge in [0.1, 0.15) is 6.10 Å². The molecule has 0 amide bonds. The zero-order valence-electron chi connectivity index (χ0n) is 17.4. The van der Waals surface area contributed by atoms with Gasteiger partial charge in [-0.15, -0.1) is 6.42 Å². The Morgan fingerprint density at radius 1 is 0.875 bits per heavy atom. The van der Waals surface area contributed by atoms with Gasteiger partial charge in [-0.1, -0.05) is 30.2 Å². The number of nitrogens with zero attached hydrogens (tertiary/aromatic N) is 2. The van der Waals surface area contributed by atoms with Crippen LogP contribution < -0.4 is 0 Å². The summed E-state index contributed by atoms with van der Waals surface area (Å²) in [5.74, 6) is 2.44. The Hall–Kier alpha value is -2.11. The van der Waals surface area contributed by atoms with E-state index in [4.69, 9.17) is 10.9 Å². The zero-order chi connectivity index (χ0) is 23.8. The lowest BCUT2D eigenvalue weighted by molar-refractivity contribution is -0.138. The topological polar surface area (TPSA) is 15.7 Å². The van der Waals surface area contributed by atoms with Crippen LogP contribution in [0.25, 0.3) is 0 Å². The summed E-state index contributed by atoms with van der Waals surface area (Å²) in [6.07, 6.45) is -4.28. The molecule has 1 aliphatic heterocycles. The van der Waals surface area contributed by atoms with Crippen LogP contribution in [-0.2, 0) is 16.9 Å². The second kappa shape index (κ2) is 9.03. The molecule has 0 spiro atoms. The van der Waals surface area contributed by atoms with E-state index in [9.17, 15) is 26.3 Å². The highest BCUT2D eigenvalue weighted by atomic mass is 31.2. The van der Waals surface area contributed by atoms with E-state index >= 15 is 0 Å². The van der Waals surface area contributed by atoms with Crippen LogP contribution in [0.4, 0.5) is 26.3 Å². The molecule has 2 aromatic carbocycles. The molecule has 1 saturated heterocycles. The average molecular weight is 474 g/mol. The lowest BCUT2D eigenvalue weighted by atomic mass is 9.91. The zero-order valence-corrected chi connectivity index (χ0v) is 18.3. The van der Waals surface area contributed by atoms with Gasteiger partial charge in [0.25, 0.3) is 0 Å². The minimum absolute atomic E-state index is 0.318. The predicted molar refractivity (Wildman–Crippen MR) is 110 cm³/mol. The summed E-state index contributed by atoms with van der Waals surface area (Å²) in [7, 11) is 1.79. The van der Waals surface area contributed by atoms with Gasteiger partial charge in [0.2, 0.25) is 0 Å². The maximum atomic E-state index is 13.3. The third kappa shape index (κ3) is 4.94. The summed E-state index contributed by atoms with van der Waals surface area (Å²) >= 11 is 0. The average Bonchev–Trinajstić information content (AvgIpc) is 2.97. The van der Waals surface area contributed by atoms with E-state index in [-0.39, 0.29) is 0 Å². The molecule has 172 valence electrons. The van der Waals surface area contributed by atoms with Gasteiger partial charge >= 0.3 is 12.4 Å². The van der Waals surface area contributed by atoms with E-state index in [1.54, 1.807) is 30.4 Å². The highest BCUT2D eigenvalue weighted by Crippen LogP contribution is 2.63. The number of alkyl halides is 6. The molecule has 2 aromatic rings. The molecule has 10 heteroatoms. The molecule has 3 rings (SSSR count). The highest BCUT2D eigenvalue weighted by molar-refractivity contribution is 7.47. The van der Waals surface area contributed by atoms with Crippen molar-refractivity contribution in [2.24, 2.45) is 0 Å². The summed E-state index contributed by atoms with van der Waals surface area (Å²) < 4.78 is 89.4. The summed E-state index contributed by atoms with van der Waals surface area (Å²) in [5, 5.41) is 0. The van der Waals surface area contributed by atoms with Crippen LogP contribution in [-0.4, -0.2) is 29.5 Å². The molecule has 1 fully saturated rings. The van der Waals surface area contributed by atoms with E-state index in [0.717, 1.165) is 24.3 Å². The first-order chi connectivity index (χ1) is 14.8. The van der Waals surface area contributed by atoms with E-state index in [1.165, 1.54) is 24.3 Å². The van der Waals surface area contributed by atoms with E-state index < -0.39 is 50.1 Å². The standard InChI is InChI=1S/C22H21F6N2OP/c1-5-14(2)31-32-29(3)19(15-8-6-10-17(12-15)21(23,24)25)20(30(32)4)16-9-7-11-18(13-16)22(26,27)28/h1,6-14,19-20H,2-4H3/t14?,19-,20-/m1/s1. The number of likely N-dealkylation sites (N-methyl/N-ethyl adjacent to an activating group) is 2. The van der Waals surface area contributed by atoms with Gasteiger partial charge < -0.3 is 4.52 Å². The summed E-state index contributed by atoms with van der Waals surface area (Å²) in [4.78, 5) is 0. The van der Waals surface area contributed by atoms with Gasteiger partial charge in [-0.2, -0.15) is 26.3 Å². The first-order valence-electron chi connectivity index (χ1n) is 9.57. The third-order valence-electron chi connectivity index (χ3n) is 5.24. The predicted octanol–water partition coefficient (Wildman–Crippen LogP) is 6.65. The Labute approximate surface area is 183 Å². The van der Waals surface area contributed by atoms with Crippen LogP contribution in [0.1, 0.15) is 41.3 Å². The van der Waals surface area contributed by atoms with Crippen molar-refractivity contribution in [3.63, 3.8) is 0 Å². The fourth-order valence-electron chi connectivity index (χ4n) is 3.76. The van der Waals surface area contributed by atoms with E-state index in [0.29, 0.717) is 11.1 Å². The Morgan fingerprint density at radius 3 is 1.62 bits per heavy atom. The molecule has 1 heterocycles. The van der Waals surface area contributed by atoms with Crippen LogP contribution in [0, 0.1) is 12.3 Å². The first-order valence-corrected chi connectivity index (χ1v) is 10.7. The molecule has 1 aliphatic rings. The van der Waals surface area contributed by atoms with Crippen molar-refractivity contribution in [1.82, 2.24) is 9.34 Å². The highest BCUT2D eigenvalue weighted by Gasteiger charge is 2.48. The molecule has 1 unspecified atom stereocenters. The monoisotopic (exact) mass is 474 g/mol. The summed E-state index contributed by atoms with van der Waals surface area (Å²) in [6.45, 7) is 1.65. The van der Waals surface area contributed by atoms with Crippen LogP contribution >= 0.6 is 8.45 Å². The molecule has 3 atom stereocenters. The maximum Gasteiger partial charge on any atom is 0.416 e. The second-order valence-electron chi connectivity index (χ2n) is 7.45. The number of terminal acetylenes is 1. The Kier molecular flexibility index (Phi) is 6.92. The lowest BCUT2D eigenvalue weighted by Gasteiger charge is -2.27. The molecule has 0 N–H and O–H groups in total. The van der Waals surface area contributed by atoms with Gasteiger partial charge in [-0.3, -0.25) is 0 Å². The molecular formula is C22H21F6N2OP.